The number of hydrogen-bond donors (Lipinski definition) is 3. The second-order valence-corrected chi connectivity index (χ2v) is 4.68. The number of amides is 2. The Kier molecular flexibility index (Phi) is 6.07. The lowest BCUT2D eigenvalue weighted by molar-refractivity contribution is -0.122. The third-order valence-corrected chi connectivity index (χ3v) is 3.10. The van der Waals surface area contributed by atoms with Crippen molar-refractivity contribution in [2.75, 3.05) is 20.3 Å². The van der Waals surface area contributed by atoms with Crippen LogP contribution in [-0.4, -0.2) is 54.2 Å². The molecule has 0 saturated carbocycles. The molecule has 1 atom stereocenters. The number of carbonyl (C=O) groups is 3. The Hall–Kier alpha value is -2.00. The number of carboxylic acids is 1. The predicted octanol–water partition coefficient (Wildman–Crippen LogP) is -0.278. The third-order valence-electron chi connectivity index (χ3n) is 2.27. The number of carboxylic acid groups (broad SMARTS) is 1. The van der Waals surface area contributed by atoms with Crippen LogP contribution >= 0.6 is 11.3 Å². The highest BCUT2D eigenvalue weighted by atomic mass is 32.1. The number of nitrogens with one attached hydrogen (secondary N) is 2. The van der Waals surface area contributed by atoms with Crippen LogP contribution < -0.4 is 10.6 Å². The number of aromatic carboxylic acids is 1. The summed E-state index contributed by atoms with van der Waals surface area (Å²) >= 11 is 0.850. The first kappa shape index (κ1) is 16.1. The van der Waals surface area contributed by atoms with Gasteiger partial charge in [-0.05, 0) is 6.92 Å². The van der Waals surface area contributed by atoms with Crippen LogP contribution in [0, 0.1) is 0 Å². The van der Waals surface area contributed by atoms with Crippen LogP contribution in [0.5, 0.6) is 0 Å². The number of nitrogens with zero attached hydrogens (tertiary/aromatic N) is 1. The fourth-order valence-corrected chi connectivity index (χ4v) is 1.88. The van der Waals surface area contributed by atoms with E-state index in [0.717, 1.165) is 11.3 Å². The topological polar surface area (TPSA) is 118 Å². The van der Waals surface area contributed by atoms with Gasteiger partial charge < -0.3 is 20.5 Å². The molecule has 1 aromatic heterocycles. The van der Waals surface area contributed by atoms with E-state index in [9.17, 15) is 14.4 Å². The van der Waals surface area contributed by atoms with E-state index < -0.39 is 17.9 Å². The maximum atomic E-state index is 11.8. The zero-order valence-electron chi connectivity index (χ0n) is 11.0. The second kappa shape index (κ2) is 7.56. The Bertz CT molecular complexity index is 502. The van der Waals surface area contributed by atoms with E-state index in [1.165, 1.54) is 19.4 Å². The average Bonchev–Trinajstić information content (AvgIpc) is 2.88. The van der Waals surface area contributed by atoms with Crippen LogP contribution in [0.25, 0.3) is 0 Å². The Morgan fingerprint density at radius 2 is 2.20 bits per heavy atom. The minimum atomic E-state index is -1.19. The summed E-state index contributed by atoms with van der Waals surface area (Å²) < 4.78 is 4.78. The number of aromatic nitrogens is 1. The van der Waals surface area contributed by atoms with Gasteiger partial charge in [0.1, 0.15) is 11.7 Å². The van der Waals surface area contributed by atoms with Crippen LogP contribution in [-0.2, 0) is 9.53 Å². The molecule has 1 aromatic rings. The second-order valence-electron chi connectivity index (χ2n) is 3.82. The molecule has 8 nitrogen and oxygen atoms in total. The third kappa shape index (κ3) is 4.59. The summed E-state index contributed by atoms with van der Waals surface area (Å²) in [7, 11) is 1.51. The molecule has 9 heteroatoms. The van der Waals surface area contributed by atoms with E-state index in [-0.39, 0.29) is 16.6 Å². The van der Waals surface area contributed by atoms with Crippen molar-refractivity contribution in [3.05, 3.63) is 16.1 Å². The highest BCUT2D eigenvalue weighted by molar-refractivity contribution is 7.11. The van der Waals surface area contributed by atoms with Gasteiger partial charge in [-0.2, -0.15) is 0 Å². The van der Waals surface area contributed by atoms with Crippen molar-refractivity contribution in [3.8, 4) is 0 Å². The van der Waals surface area contributed by atoms with E-state index in [1.54, 1.807) is 0 Å². The Morgan fingerprint density at radius 1 is 1.50 bits per heavy atom. The maximum Gasteiger partial charge on any atom is 0.365 e. The van der Waals surface area contributed by atoms with Gasteiger partial charge in [-0.25, -0.2) is 9.78 Å². The standard InChI is InChI=1S/C11H15N3O5S/c1-6(8(15)12-3-4-19-2)13-9(16)7-5-20-10(14-7)11(17)18/h5-6H,3-4H2,1-2H3,(H,12,15)(H,13,16)(H,17,18). The zero-order chi connectivity index (χ0) is 15.1. The SMILES string of the molecule is COCCNC(=O)C(C)NC(=O)c1csc(C(=O)O)n1. The molecule has 0 aliphatic rings. The molecule has 0 aliphatic carbocycles. The van der Waals surface area contributed by atoms with Gasteiger partial charge in [0.15, 0.2) is 0 Å². The maximum absolute atomic E-state index is 11.8. The molecule has 1 rings (SSSR count). The van der Waals surface area contributed by atoms with E-state index >= 15 is 0 Å². The molecule has 0 radical (unpaired) electrons. The van der Waals surface area contributed by atoms with Crippen molar-refractivity contribution >= 4 is 29.1 Å². The summed E-state index contributed by atoms with van der Waals surface area (Å²) in [6.45, 7) is 2.24. The van der Waals surface area contributed by atoms with Crippen molar-refractivity contribution in [1.82, 2.24) is 15.6 Å². The van der Waals surface area contributed by atoms with Crippen molar-refractivity contribution < 1.29 is 24.2 Å². The van der Waals surface area contributed by atoms with Gasteiger partial charge in [-0.1, -0.05) is 0 Å². The first-order valence-corrected chi connectivity index (χ1v) is 6.60. The lowest BCUT2D eigenvalue weighted by Gasteiger charge is -2.13. The Morgan fingerprint density at radius 3 is 2.75 bits per heavy atom. The van der Waals surface area contributed by atoms with E-state index in [2.05, 4.69) is 15.6 Å². The summed E-state index contributed by atoms with van der Waals surface area (Å²) in [5.41, 5.74) is -0.0241. The van der Waals surface area contributed by atoms with E-state index in [4.69, 9.17) is 9.84 Å². The fraction of sp³-hybridized carbons (Fsp3) is 0.455. The largest absolute Gasteiger partial charge is 0.476 e. The number of carbonyl (C=O) groups excluding carboxylic acids is 2. The van der Waals surface area contributed by atoms with Crippen molar-refractivity contribution in [3.63, 3.8) is 0 Å². The molecule has 3 N–H and O–H groups in total. The number of hydrogen-bond acceptors (Lipinski definition) is 6. The first-order valence-electron chi connectivity index (χ1n) is 5.72. The van der Waals surface area contributed by atoms with Crippen LogP contribution in [0.2, 0.25) is 0 Å². The molecule has 0 fully saturated rings. The normalized spacial score (nSPS) is 11.7. The van der Waals surface area contributed by atoms with Crippen molar-refractivity contribution in [2.45, 2.75) is 13.0 Å². The van der Waals surface area contributed by atoms with Gasteiger partial charge in [-0.3, -0.25) is 9.59 Å². The van der Waals surface area contributed by atoms with Crippen LogP contribution in [0.1, 0.15) is 27.2 Å². The quantitative estimate of drug-likeness (QED) is 0.596. The molecule has 0 saturated heterocycles. The predicted molar refractivity (Wildman–Crippen MR) is 70.9 cm³/mol. The monoisotopic (exact) mass is 301 g/mol. The van der Waals surface area contributed by atoms with Crippen LogP contribution in [0.15, 0.2) is 5.38 Å². The number of ether oxygens (including phenoxy) is 1. The minimum absolute atomic E-state index is 0.0241. The van der Waals surface area contributed by atoms with Gasteiger partial charge in [-0.15, -0.1) is 11.3 Å². The highest BCUT2D eigenvalue weighted by Crippen LogP contribution is 2.09. The molecule has 110 valence electrons. The molecule has 1 heterocycles. The van der Waals surface area contributed by atoms with Gasteiger partial charge in [0.05, 0.1) is 6.61 Å². The summed E-state index contributed by atoms with van der Waals surface area (Å²) in [4.78, 5) is 37.7. The molecule has 20 heavy (non-hydrogen) atoms. The van der Waals surface area contributed by atoms with Crippen molar-refractivity contribution in [1.29, 1.82) is 0 Å². The van der Waals surface area contributed by atoms with Crippen LogP contribution in [0.4, 0.5) is 0 Å². The molecule has 0 spiro atoms. The Balaban J connectivity index is 2.51. The summed E-state index contributed by atoms with van der Waals surface area (Å²) in [5, 5.41) is 14.9. The fourth-order valence-electron chi connectivity index (χ4n) is 1.24. The Labute approximate surface area is 119 Å². The van der Waals surface area contributed by atoms with Gasteiger partial charge in [0, 0.05) is 19.0 Å². The van der Waals surface area contributed by atoms with E-state index in [1.807, 2.05) is 0 Å². The molecule has 2 amide bonds. The summed E-state index contributed by atoms with van der Waals surface area (Å²) in [6.07, 6.45) is 0. The smallest absolute Gasteiger partial charge is 0.365 e. The lowest BCUT2D eigenvalue weighted by atomic mass is 10.3. The number of methoxy groups -OCH3 is 1. The molecule has 0 bridgehead atoms. The minimum Gasteiger partial charge on any atom is -0.476 e. The zero-order valence-corrected chi connectivity index (χ0v) is 11.8. The van der Waals surface area contributed by atoms with Crippen molar-refractivity contribution in [2.24, 2.45) is 0 Å². The first-order chi connectivity index (χ1) is 9.45. The molecule has 0 aliphatic heterocycles. The van der Waals surface area contributed by atoms with E-state index in [0.29, 0.717) is 13.2 Å². The summed E-state index contributed by atoms with van der Waals surface area (Å²) in [6, 6.07) is -0.755. The van der Waals surface area contributed by atoms with Crippen LogP contribution in [0.3, 0.4) is 0 Å². The molecule has 0 aromatic carbocycles. The van der Waals surface area contributed by atoms with Gasteiger partial charge in [0.2, 0.25) is 10.9 Å². The average molecular weight is 301 g/mol. The molecular formula is C11H15N3O5S. The highest BCUT2D eigenvalue weighted by Gasteiger charge is 2.19. The number of thiazole rings is 1. The number of rotatable bonds is 7. The summed E-state index contributed by atoms with van der Waals surface area (Å²) in [5.74, 6) is -2.15. The molecular weight excluding hydrogens is 286 g/mol. The lowest BCUT2D eigenvalue weighted by Crippen LogP contribution is -2.45. The van der Waals surface area contributed by atoms with Gasteiger partial charge >= 0.3 is 5.97 Å². The van der Waals surface area contributed by atoms with Gasteiger partial charge in [0.25, 0.3) is 5.91 Å². The molecule has 1 unspecified atom stereocenters.